The van der Waals surface area contributed by atoms with Gasteiger partial charge >= 0.3 is 0 Å². The van der Waals surface area contributed by atoms with E-state index in [1.165, 1.54) is 11.3 Å². The molecule has 0 aromatic carbocycles. The van der Waals surface area contributed by atoms with Crippen LogP contribution in [-0.2, 0) is 13.1 Å². The van der Waals surface area contributed by atoms with Crippen molar-refractivity contribution >= 4 is 33.2 Å². The zero-order chi connectivity index (χ0) is 11.8. The minimum atomic E-state index is 0.0648. The van der Waals surface area contributed by atoms with Gasteiger partial charge in [-0.1, -0.05) is 0 Å². The van der Waals surface area contributed by atoms with Crippen molar-refractivity contribution in [3.05, 3.63) is 32.9 Å². The molecule has 7 heteroatoms. The molecule has 0 fully saturated rings. The molecule has 0 N–H and O–H groups in total. The number of halogens is 1. The van der Waals surface area contributed by atoms with Crippen molar-refractivity contribution in [1.82, 2.24) is 19.7 Å². The van der Waals surface area contributed by atoms with Crippen LogP contribution in [0.1, 0.15) is 15.5 Å². The summed E-state index contributed by atoms with van der Waals surface area (Å²) >= 11 is 4.82. The van der Waals surface area contributed by atoms with Crippen molar-refractivity contribution in [2.45, 2.75) is 13.1 Å². The summed E-state index contributed by atoms with van der Waals surface area (Å²) in [6, 6.07) is 3.74. The van der Waals surface area contributed by atoms with E-state index in [4.69, 9.17) is 0 Å². The average molecular weight is 313 g/mol. The first-order chi connectivity index (χ1) is 8.24. The van der Waals surface area contributed by atoms with Crippen LogP contribution < -0.4 is 0 Å². The van der Waals surface area contributed by atoms with Gasteiger partial charge in [-0.2, -0.15) is 0 Å². The highest BCUT2D eigenvalue weighted by Gasteiger charge is 2.23. The predicted octanol–water partition coefficient (Wildman–Crippen LogP) is 1.76. The van der Waals surface area contributed by atoms with Gasteiger partial charge in [0.05, 0.1) is 15.2 Å². The molecule has 2 aromatic heterocycles. The monoisotopic (exact) mass is 312 g/mol. The SMILES string of the molecule is O=C(c1ccc(Br)s1)N1CCn2cnnc2C1. The summed E-state index contributed by atoms with van der Waals surface area (Å²) in [5.74, 6) is 0.912. The van der Waals surface area contributed by atoms with Gasteiger partial charge in [0.1, 0.15) is 6.33 Å². The van der Waals surface area contributed by atoms with Gasteiger partial charge < -0.3 is 9.47 Å². The summed E-state index contributed by atoms with van der Waals surface area (Å²) in [5.41, 5.74) is 0. The Balaban J connectivity index is 1.81. The van der Waals surface area contributed by atoms with E-state index in [1.807, 2.05) is 21.6 Å². The third-order valence-electron chi connectivity index (χ3n) is 2.71. The molecule has 88 valence electrons. The van der Waals surface area contributed by atoms with Gasteiger partial charge in [0, 0.05) is 13.1 Å². The molecule has 0 saturated heterocycles. The second kappa shape index (κ2) is 4.23. The van der Waals surface area contributed by atoms with Gasteiger partial charge in [-0.15, -0.1) is 21.5 Å². The van der Waals surface area contributed by atoms with Crippen LogP contribution in [0.25, 0.3) is 0 Å². The number of amides is 1. The lowest BCUT2D eigenvalue weighted by Crippen LogP contribution is -2.37. The van der Waals surface area contributed by atoms with Crippen molar-refractivity contribution in [1.29, 1.82) is 0 Å². The Labute approximate surface area is 110 Å². The summed E-state index contributed by atoms with van der Waals surface area (Å²) < 4.78 is 2.95. The minimum Gasteiger partial charge on any atom is -0.329 e. The van der Waals surface area contributed by atoms with Crippen LogP contribution in [0.2, 0.25) is 0 Å². The molecule has 17 heavy (non-hydrogen) atoms. The van der Waals surface area contributed by atoms with Gasteiger partial charge in [0.2, 0.25) is 0 Å². The van der Waals surface area contributed by atoms with Crippen LogP contribution in [0.5, 0.6) is 0 Å². The molecule has 2 aromatic rings. The van der Waals surface area contributed by atoms with E-state index in [0.29, 0.717) is 13.1 Å². The third kappa shape index (κ3) is 2.00. The Morgan fingerprint density at radius 1 is 1.41 bits per heavy atom. The number of aromatic nitrogens is 3. The van der Waals surface area contributed by atoms with Gasteiger partial charge in [0.15, 0.2) is 5.82 Å². The average Bonchev–Trinajstić information content (AvgIpc) is 2.95. The maximum Gasteiger partial charge on any atom is 0.264 e. The summed E-state index contributed by atoms with van der Waals surface area (Å²) in [6.45, 7) is 2.01. The molecule has 0 saturated carbocycles. The van der Waals surface area contributed by atoms with Crippen LogP contribution in [0.3, 0.4) is 0 Å². The van der Waals surface area contributed by atoms with Gasteiger partial charge in [0.25, 0.3) is 5.91 Å². The largest absolute Gasteiger partial charge is 0.329 e. The van der Waals surface area contributed by atoms with E-state index < -0.39 is 0 Å². The van der Waals surface area contributed by atoms with E-state index in [0.717, 1.165) is 21.0 Å². The molecule has 0 spiro atoms. The zero-order valence-electron chi connectivity index (χ0n) is 8.84. The maximum absolute atomic E-state index is 12.2. The lowest BCUT2D eigenvalue weighted by Gasteiger charge is -2.26. The quantitative estimate of drug-likeness (QED) is 0.806. The Morgan fingerprint density at radius 2 is 2.29 bits per heavy atom. The fraction of sp³-hybridized carbons (Fsp3) is 0.300. The van der Waals surface area contributed by atoms with Crippen LogP contribution in [0.4, 0.5) is 0 Å². The number of hydrogen-bond donors (Lipinski definition) is 0. The summed E-state index contributed by atoms with van der Waals surface area (Å²) in [7, 11) is 0. The van der Waals surface area contributed by atoms with Crippen LogP contribution in [-0.4, -0.2) is 32.1 Å². The highest BCUT2D eigenvalue weighted by atomic mass is 79.9. The normalized spacial score (nSPS) is 14.8. The van der Waals surface area contributed by atoms with Crippen molar-refractivity contribution in [2.24, 2.45) is 0 Å². The molecule has 0 atom stereocenters. The molecule has 0 aliphatic carbocycles. The Bertz CT molecular complexity index is 564. The molecule has 1 aliphatic rings. The van der Waals surface area contributed by atoms with Crippen LogP contribution in [0.15, 0.2) is 22.2 Å². The molecule has 1 amide bonds. The van der Waals surface area contributed by atoms with Crippen LogP contribution in [0, 0.1) is 0 Å². The molecule has 3 rings (SSSR count). The number of carbonyl (C=O) groups is 1. The number of hydrogen-bond acceptors (Lipinski definition) is 4. The molecule has 1 aliphatic heterocycles. The number of thiophene rings is 1. The third-order valence-corrected chi connectivity index (χ3v) is 4.32. The van der Waals surface area contributed by atoms with Crippen molar-refractivity contribution < 1.29 is 4.79 Å². The van der Waals surface area contributed by atoms with E-state index in [2.05, 4.69) is 26.1 Å². The molecular formula is C10H9BrN4OS. The first-order valence-corrected chi connectivity index (χ1v) is 6.76. The fourth-order valence-electron chi connectivity index (χ4n) is 1.82. The van der Waals surface area contributed by atoms with E-state index >= 15 is 0 Å². The summed E-state index contributed by atoms with van der Waals surface area (Å²) in [4.78, 5) is 14.8. The van der Waals surface area contributed by atoms with Crippen molar-refractivity contribution in [3.63, 3.8) is 0 Å². The molecule has 0 radical (unpaired) electrons. The Morgan fingerprint density at radius 3 is 3.06 bits per heavy atom. The smallest absolute Gasteiger partial charge is 0.264 e. The Hall–Kier alpha value is -1.21. The van der Waals surface area contributed by atoms with Gasteiger partial charge in [-0.3, -0.25) is 4.79 Å². The topological polar surface area (TPSA) is 51.0 Å². The van der Waals surface area contributed by atoms with Crippen molar-refractivity contribution in [3.8, 4) is 0 Å². The van der Waals surface area contributed by atoms with Gasteiger partial charge in [-0.25, -0.2) is 0 Å². The number of nitrogens with zero attached hydrogens (tertiary/aromatic N) is 4. The summed E-state index contributed by atoms with van der Waals surface area (Å²) in [5, 5.41) is 7.85. The summed E-state index contributed by atoms with van der Waals surface area (Å²) in [6.07, 6.45) is 1.71. The first-order valence-electron chi connectivity index (χ1n) is 5.15. The standard InChI is InChI=1S/C10H9BrN4OS/c11-8-2-1-7(17-8)10(16)14-3-4-15-6-12-13-9(15)5-14/h1-2,6H,3-5H2. The van der Waals surface area contributed by atoms with E-state index in [1.54, 1.807) is 6.33 Å². The first kappa shape index (κ1) is 10.9. The number of rotatable bonds is 1. The minimum absolute atomic E-state index is 0.0648. The zero-order valence-corrected chi connectivity index (χ0v) is 11.2. The highest BCUT2D eigenvalue weighted by Crippen LogP contribution is 2.24. The maximum atomic E-state index is 12.2. The molecular weight excluding hydrogens is 304 g/mol. The predicted molar refractivity (Wildman–Crippen MR) is 66.8 cm³/mol. The highest BCUT2D eigenvalue weighted by molar-refractivity contribution is 9.11. The van der Waals surface area contributed by atoms with E-state index in [9.17, 15) is 4.79 Å². The molecule has 3 heterocycles. The fourth-order valence-corrected chi connectivity index (χ4v) is 3.18. The number of carbonyl (C=O) groups excluding carboxylic acids is 1. The lowest BCUT2D eigenvalue weighted by atomic mass is 10.3. The lowest BCUT2D eigenvalue weighted by molar-refractivity contribution is 0.0712. The molecule has 0 unspecified atom stereocenters. The molecule has 5 nitrogen and oxygen atoms in total. The second-order valence-electron chi connectivity index (χ2n) is 3.77. The van der Waals surface area contributed by atoms with Crippen molar-refractivity contribution in [2.75, 3.05) is 6.54 Å². The van der Waals surface area contributed by atoms with Gasteiger partial charge in [-0.05, 0) is 28.1 Å². The second-order valence-corrected chi connectivity index (χ2v) is 6.23. The van der Waals surface area contributed by atoms with Crippen LogP contribution >= 0.6 is 27.3 Å². The molecule has 0 bridgehead atoms. The Kier molecular flexibility index (Phi) is 2.71. The van der Waals surface area contributed by atoms with E-state index in [-0.39, 0.29) is 5.91 Å². The number of fused-ring (bicyclic) bond motifs is 1.